The van der Waals surface area contributed by atoms with Gasteiger partial charge in [-0.15, -0.1) is 6.58 Å². The number of allylic oxidation sites excluding steroid dienone is 1. The summed E-state index contributed by atoms with van der Waals surface area (Å²) in [7, 11) is 0. The molecule has 8 heteroatoms. The topological polar surface area (TPSA) is 82.8 Å². The van der Waals surface area contributed by atoms with Gasteiger partial charge in [-0.05, 0) is 5.92 Å². The van der Waals surface area contributed by atoms with Crippen molar-refractivity contribution in [2.75, 3.05) is 26.3 Å². The summed E-state index contributed by atoms with van der Waals surface area (Å²) in [5.74, 6) is -1.30. The lowest BCUT2D eigenvalue weighted by atomic mass is 9.70. The van der Waals surface area contributed by atoms with Crippen LogP contribution < -0.4 is 0 Å². The van der Waals surface area contributed by atoms with Crippen molar-refractivity contribution >= 4 is 33.8 Å². The molecule has 3 atom stereocenters. The maximum atomic E-state index is 13.2. The van der Waals surface area contributed by atoms with Gasteiger partial charge in [0.05, 0.1) is 43.3 Å². The Bertz CT molecular complexity index is 549. The smallest absolute Gasteiger partial charge is 0.333 e. The first-order chi connectivity index (χ1) is 11.3. The molecule has 3 heterocycles. The van der Waals surface area contributed by atoms with Crippen molar-refractivity contribution in [1.82, 2.24) is 9.80 Å². The molecular weight excluding hydrogens is 380 g/mol. The molecule has 0 saturated carbocycles. The van der Waals surface area contributed by atoms with Crippen LogP contribution in [-0.2, 0) is 19.1 Å². The maximum absolute atomic E-state index is 13.2. The fourth-order valence-electron chi connectivity index (χ4n) is 3.17. The van der Waals surface area contributed by atoms with Crippen molar-refractivity contribution in [3.8, 4) is 0 Å². The molecule has 3 aliphatic rings. The second-order valence-electron chi connectivity index (χ2n) is 6.69. The van der Waals surface area contributed by atoms with Gasteiger partial charge in [0.1, 0.15) is 5.41 Å². The molecule has 0 N–H and O–H groups in total. The van der Waals surface area contributed by atoms with E-state index in [1.165, 1.54) is 6.08 Å². The zero-order chi connectivity index (χ0) is 17.6. The number of hydrogen-bond donors (Lipinski definition) is 0. The predicted molar refractivity (Wildman–Crippen MR) is 88.5 cm³/mol. The van der Waals surface area contributed by atoms with Gasteiger partial charge >= 0.3 is 6.03 Å². The minimum absolute atomic E-state index is 0.146. The van der Waals surface area contributed by atoms with E-state index in [2.05, 4.69) is 22.5 Å². The number of carbonyl (C=O) groups excluding carboxylic acids is 3. The lowest BCUT2D eigenvalue weighted by Gasteiger charge is -2.47. The highest BCUT2D eigenvalue weighted by Gasteiger charge is 2.62. The number of imide groups is 2. The summed E-state index contributed by atoms with van der Waals surface area (Å²) in [5, 5.41) is 0. The molecule has 0 radical (unpaired) electrons. The number of nitrogens with zero attached hydrogens (tertiary/aromatic N) is 2. The number of carbonyl (C=O) groups is 3. The van der Waals surface area contributed by atoms with Crippen LogP contribution in [0.2, 0.25) is 0 Å². The van der Waals surface area contributed by atoms with Gasteiger partial charge in [0.25, 0.3) is 0 Å². The van der Waals surface area contributed by atoms with Crippen molar-refractivity contribution in [2.45, 2.75) is 30.9 Å². The Labute approximate surface area is 149 Å². The van der Waals surface area contributed by atoms with Gasteiger partial charge in [0.15, 0.2) is 0 Å². The molecule has 4 amide bonds. The standard InChI is InChI=1S/C16H21BrN2O5/c1-4-12(17)16(9(2)3)13(20)18(5-10-7-23-10)15(22)19(14(16)21)6-11-8-24-11/h4,9-12H,1,5-8H2,2-3H3. The first-order valence-corrected chi connectivity index (χ1v) is 8.93. The number of rotatable bonds is 7. The van der Waals surface area contributed by atoms with E-state index in [-0.39, 0.29) is 31.2 Å². The van der Waals surface area contributed by atoms with E-state index >= 15 is 0 Å². The Balaban J connectivity index is 2.02. The van der Waals surface area contributed by atoms with E-state index in [1.807, 2.05) is 0 Å². The molecule has 3 unspecified atom stereocenters. The zero-order valence-electron chi connectivity index (χ0n) is 13.7. The SMILES string of the molecule is C=CC(Br)C1(C(C)C)C(=O)N(CC2CO2)C(=O)N(CC2CO2)C1=O. The third-order valence-electron chi connectivity index (χ3n) is 4.79. The first kappa shape index (κ1) is 17.6. The van der Waals surface area contributed by atoms with Gasteiger partial charge in [-0.2, -0.15) is 0 Å². The lowest BCUT2D eigenvalue weighted by Crippen LogP contribution is -2.70. The van der Waals surface area contributed by atoms with Crippen LogP contribution in [0.1, 0.15) is 13.8 Å². The molecule has 7 nitrogen and oxygen atoms in total. The summed E-state index contributed by atoms with van der Waals surface area (Å²) in [4.78, 5) is 40.9. The third kappa shape index (κ3) is 2.70. The highest BCUT2D eigenvalue weighted by atomic mass is 79.9. The van der Waals surface area contributed by atoms with E-state index in [0.29, 0.717) is 13.2 Å². The van der Waals surface area contributed by atoms with Crippen LogP contribution in [0.25, 0.3) is 0 Å². The van der Waals surface area contributed by atoms with Gasteiger partial charge in [-0.1, -0.05) is 35.9 Å². The van der Waals surface area contributed by atoms with Gasteiger partial charge in [0, 0.05) is 0 Å². The number of ether oxygens (including phenoxy) is 2. The van der Waals surface area contributed by atoms with Crippen molar-refractivity contribution in [2.24, 2.45) is 11.3 Å². The van der Waals surface area contributed by atoms with Gasteiger partial charge in [0.2, 0.25) is 11.8 Å². The van der Waals surface area contributed by atoms with Crippen molar-refractivity contribution < 1.29 is 23.9 Å². The van der Waals surface area contributed by atoms with Crippen LogP contribution in [0.4, 0.5) is 4.79 Å². The predicted octanol–water partition coefficient (Wildman–Crippen LogP) is 1.17. The summed E-state index contributed by atoms with van der Waals surface area (Å²) in [6.07, 6.45) is 1.24. The summed E-state index contributed by atoms with van der Waals surface area (Å²) in [6, 6.07) is -0.587. The van der Waals surface area contributed by atoms with E-state index in [4.69, 9.17) is 9.47 Å². The van der Waals surface area contributed by atoms with Crippen molar-refractivity contribution in [3.05, 3.63) is 12.7 Å². The van der Waals surface area contributed by atoms with Crippen molar-refractivity contribution in [3.63, 3.8) is 0 Å². The minimum Gasteiger partial charge on any atom is -0.371 e. The minimum atomic E-state index is -1.40. The van der Waals surface area contributed by atoms with Crippen LogP contribution in [0.5, 0.6) is 0 Å². The molecule has 0 spiro atoms. The Morgan fingerprint density at radius 3 is 1.88 bits per heavy atom. The molecule has 0 aromatic carbocycles. The highest BCUT2D eigenvalue weighted by molar-refractivity contribution is 9.09. The summed E-state index contributed by atoms with van der Waals surface area (Å²) in [6.45, 7) is 8.71. The number of barbiturate groups is 1. The van der Waals surface area contributed by atoms with Crippen molar-refractivity contribution in [1.29, 1.82) is 0 Å². The molecule has 132 valence electrons. The van der Waals surface area contributed by atoms with E-state index in [0.717, 1.165) is 9.80 Å². The Morgan fingerprint density at radius 2 is 1.58 bits per heavy atom. The van der Waals surface area contributed by atoms with Crippen LogP contribution >= 0.6 is 15.9 Å². The average molecular weight is 401 g/mol. The molecule has 3 aliphatic heterocycles. The summed E-state index contributed by atoms with van der Waals surface area (Å²) < 4.78 is 10.3. The van der Waals surface area contributed by atoms with Crippen LogP contribution in [-0.4, -0.2) is 71.0 Å². The maximum Gasteiger partial charge on any atom is 0.333 e. The van der Waals surface area contributed by atoms with Crippen LogP contribution in [0.3, 0.4) is 0 Å². The molecule has 3 fully saturated rings. The number of urea groups is 1. The second kappa shape index (κ2) is 6.24. The quantitative estimate of drug-likeness (QED) is 0.277. The molecule has 3 saturated heterocycles. The Hall–Kier alpha value is -1.25. The van der Waals surface area contributed by atoms with Gasteiger partial charge < -0.3 is 9.47 Å². The summed E-state index contributed by atoms with van der Waals surface area (Å²) in [5.41, 5.74) is -1.40. The number of alkyl halides is 1. The van der Waals surface area contributed by atoms with E-state index in [1.54, 1.807) is 13.8 Å². The van der Waals surface area contributed by atoms with E-state index in [9.17, 15) is 14.4 Å². The fourth-order valence-corrected chi connectivity index (χ4v) is 4.09. The number of hydrogen-bond acceptors (Lipinski definition) is 5. The van der Waals surface area contributed by atoms with Crippen LogP contribution in [0, 0.1) is 11.3 Å². The monoisotopic (exact) mass is 400 g/mol. The molecule has 0 aromatic rings. The third-order valence-corrected chi connectivity index (χ3v) is 5.89. The number of halogens is 1. The van der Waals surface area contributed by atoms with Gasteiger partial charge in [-0.25, -0.2) is 4.79 Å². The average Bonchev–Trinajstić information content (AvgIpc) is 3.43. The first-order valence-electron chi connectivity index (χ1n) is 8.01. The summed E-state index contributed by atoms with van der Waals surface area (Å²) >= 11 is 3.43. The normalized spacial score (nSPS) is 33.9. The number of amides is 4. The lowest BCUT2D eigenvalue weighted by molar-refractivity contribution is -0.161. The highest BCUT2D eigenvalue weighted by Crippen LogP contribution is 2.44. The second-order valence-corrected chi connectivity index (χ2v) is 7.67. The van der Waals surface area contributed by atoms with Crippen LogP contribution in [0.15, 0.2) is 12.7 Å². The molecule has 24 heavy (non-hydrogen) atoms. The molecule has 0 aromatic heterocycles. The molecule has 3 rings (SSSR count). The zero-order valence-corrected chi connectivity index (χ0v) is 15.3. The fraction of sp³-hybridized carbons (Fsp3) is 0.688. The Morgan fingerprint density at radius 1 is 1.17 bits per heavy atom. The molecule has 0 aliphatic carbocycles. The number of epoxide rings is 2. The molecule has 0 bridgehead atoms. The largest absolute Gasteiger partial charge is 0.371 e. The van der Waals surface area contributed by atoms with Gasteiger partial charge in [-0.3, -0.25) is 19.4 Å². The Kier molecular flexibility index (Phi) is 4.57. The van der Waals surface area contributed by atoms with E-state index < -0.39 is 28.1 Å². The molecular formula is C16H21BrN2O5.